The normalized spacial score (nSPS) is 23.9. The van der Waals surface area contributed by atoms with E-state index in [-0.39, 0.29) is 11.8 Å². The zero-order chi connectivity index (χ0) is 13.1. The van der Waals surface area contributed by atoms with E-state index in [4.69, 9.17) is 4.74 Å². The number of nitrogens with one attached hydrogen (secondary N) is 1. The summed E-state index contributed by atoms with van der Waals surface area (Å²) in [5.74, 6) is 0.533. The molecule has 2 unspecified atom stereocenters. The number of hydrogen-bond acceptors (Lipinski definition) is 4. The first kappa shape index (κ1) is 14.9. The highest BCUT2D eigenvalue weighted by Crippen LogP contribution is 2.23. The van der Waals surface area contributed by atoms with Gasteiger partial charge in [-0.2, -0.15) is 0 Å². The second-order valence-electron chi connectivity index (χ2n) is 5.68. The van der Waals surface area contributed by atoms with Crippen LogP contribution in [0.1, 0.15) is 34.1 Å². The molecule has 1 rings (SSSR count). The Hall–Kier alpha value is -0.130. The lowest BCUT2D eigenvalue weighted by Gasteiger charge is -2.27. The summed E-state index contributed by atoms with van der Waals surface area (Å²) in [4.78, 5) is 0. The maximum atomic E-state index is 12.2. The lowest BCUT2D eigenvalue weighted by atomic mass is 10.0. The van der Waals surface area contributed by atoms with Gasteiger partial charge >= 0.3 is 0 Å². The molecule has 0 spiro atoms. The van der Waals surface area contributed by atoms with Crippen molar-refractivity contribution in [2.45, 2.75) is 44.9 Å². The van der Waals surface area contributed by atoms with Crippen molar-refractivity contribution >= 4 is 9.84 Å². The molecule has 0 aromatic rings. The summed E-state index contributed by atoms with van der Waals surface area (Å²) in [6.07, 6.45) is 0.956. The van der Waals surface area contributed by atoms with E-state index < -0.39 is 14.6 Å². The van der Waals surface area contributed by atoms with Crippen LogP contribution in [0.5, 0.6) is 0 Å². The molecule has 0 aromatic heterocycles. The molecule has 1 fully saturated rings. The van der Waals surface area contributed by atoms with Crippen LogP contribution in [-0.2, 0) is 14.6 Å². The summed E-state index contributed by atoms with van der Waals surface area (Å²) >= 11 is 0. The Morgan fingerprint density at radius 1 is 1.41 bits per heavy atom. The van der Waals surface area contributed by atoms with Gasteiger partial charge < -0.3 is 10.1 Å². The quantitative estimate of drug-likeness (QED) is 0.810. The zero-order valence-corrected chi connectivity index (χ0v) is 12.1. The molecular weight excluding hydrogens is 238 g/mol. The van der Waals surface area contributed by atoms with Crippen LogP contribution < -0.4 is 5.32 Å². The standard InChI is InChI=1S/C12H25NO3S/c1-5-13-11(10-6-7-16-8-10)9-17(14,15)12(2,3)4/h10-11,13H,5-9H2,1-4H3. The molecule has 0 saturated carbocycles. The van der Waals surface area contributed by atoms with Crippen molar-refractivity contribution in [2.24, 2.45) is 5.92 Å². The fraction of sp³-hybridized carbons (Fsp3) is 1.00. The van der Waals surface area contributed by atoms with Crippen molar-refractivity contribution in [1.29, 1.82) is 0 Å². The minimum absolute atomic E-state index is 0.0201. The molecule has 102 valence electrons. The van der Waals surface area contributed by atoms with Crippen molar-refractivity contribution < 1.29 is 13.2 Å². The smallest absolute Gasteiger partial charge is 0.156 e. The van der Waals surface area contributed by atoms with Gasteiger partial charge in [-0.05, 0) is 33.7 Å². The second kappa shape index (κ2) is 5.67. The second-order valence-corrected chi connectivity index (χ2v) is 8.47. The van der Waals surface area contributed by atoms with Gasteiger partial charge in [0.05, 0.1) is 17.1 Å². The monoisotopic (exact) mass is 263 g/mol. The third-order valence-electron chi connectivity index (χ3n) is 3.33. The van der Waals surface area contributed by atoms with E-state index in [2.05, 4.69) is 5.32 Å². The van der Waals surface area contributed by atoms with Crippen LogP contribution in [0.2, 0.25) is 0 Å². The third-order valence-corrected chi connectivity index (χ3v) is 6.00. The number of hydrogen-bond donors (Lipinski definition) is 1. The van der Waals surface area contributed by atoms with Crippen LogP contribution in [0.3, 0.4) is 0 Å². The largest absolute Gasteiger partial charge is 0.381 e. The zero-order valence-electron chi connectivity index (χ0n) is 11.3. The first-order chi connectivity index (χ1) is 7.78. The molecule has 0 aromatic carbocycles. The summed E-state index contributed by atoms with van der Waals surface area (Å²) in [5.41, 5.74) is 0. The van der Waals surface area contributed by atoms with Crippen molar-refractivity contribution in [3.8, 4) is 0 Å². The van der Waals surface area contributed by atoms with Crippen molar-refractivity contribution in [1.82, 2.24) is 5.32 Å². The molecule has 0 aliphatic carbocycles. The Morgan fingerprint density at radius 3 is 2.47 bits per heavy atom. The van der Waals surface area contributed by atoms with Gasteiger partial charge in [0.2, 0.25) is 0 Å². The van der Waals surface area contributed by atoms with Crippen molar-refractivity contribution in [3.63, 3.8) is 0 Å². The van der Waals surface area contributed by atoms with Crippen molar-refractivity contribution in [2.75, 3.05) is 25.5 Å². The summed E-state index contributed by atoms with van der Waals surface area (Å²) in [6.45, 7) is 9.51. The van der Waals surface area contributed by atoms with E-state index in [0.717, 1.165) is 19.6 Å². The van der Waals surface area contributed by atoms with Crippen LogP contribution in [-0.4, -0.2) is 44.7 Å². The molecule has 5 heteroatoms. The molecule has 4 nitrogen and oxygen atoms in total. The van der Waals surface area contributed by atoms with Crippen LogP contribution in [0.25, 0.3) is 0 Å². The molecule has 0 radical (unpaired) electrons. The number of rotatable bonds is 5. The highest BCUT2D eigenvalue weighted by Gasteiger charge is 2.35. The Balaban J connectivity index is 2.73. The summed E-state index contributed by atoms with van der Waals surface area (Å²) in [7, 11) is -3.07. The molecule has 17 heavy (non-hydrogen) atoms. The average molecular weight is 263 g/mol. The molecule has 1 saturated heterocycles. The predicted octanol–water partition coefficient (Wildman–Crippen LogP) is 1.21. The van der Waals surface area contributed by atoms with Gasteiger partial charge in [0.1, 0.15) is 0 Å². The van der Waals surface area contributed by atoms with Gasteiger partial charge in [-0.25, -0.2) is 8.42 Å². The van der Waals surface area contributed by atoms with Gasteiger partial charge in [-0.15, -0.1) is 0 Å². The number of sulfone groups is 1. The first-order valence-electron chi connectivity index (χ1n) is 6.31. The van der Waals surface area contributed by atoms with Gasteiger partial charge in [0, 0.05) is 18.6 Å². The van der Waals surface area contributed by atoms with Crippen molar-refractivity contribution in [3.05, 3.63) is 0 Å². The van der Waals surface area contributed by atoms with E-state index in [1.165, 1.54) is 0 Å². The van der Waals surface area contributed by atoms with Gasteiger partial charge in [0.15, 0.2) is 9.84 Å². The topological polar surface area (TPSA) is 55.4 Å². The maximum absolute atomic E-state index is 12.2. The molecule has 1 N–H and O–H groups in total. The van der Waals surface area contributed by atoms with Gasteiger partial charge in [-0.3, -0.25) is 0 Å². The summed E-state index contributed by atoms with van der Waals surface area (Å²) < 4.78 is 29.1. The third kappa shape index (κ3) is 3.93. The maximum Gasteiger partial charge on any atom is 0.156 e. The summed E-state index contributed by atoms with van der Waals surface area (Å²) in [5, 5.41) is 3.29. The van der Waals surface area contributed by atoms with E-state index in [1.807, 2.05) is 6.92 Å². The first-order valence-corrected chi connectivity index (χ1v) is 7.96. The Labute approximate surface area is 105 Å². The molecule has 1 heterocycles. The molecule has 0 bridgehead atoms. The van der Waals surface area contributed by atoms with Gasteiger partial charge in [-0.1, -0.05) is 6.92 Å². The van der Waals surface area contributed by atoms with E-state index in [0.29, 0.717) is 12.5 Å². The molecule has 1 aliphatic heterocycles. The molecule has 2 atom stereocenters. The molecule has 1 aliphatic rings. The Kier molecular flexibility index (Phi) is 4.98. The Bertz CT molecular complexity index is 326. The average Bonchev–Trinajstić information content (AvgIpc) is 2.67. The highest BCUT2D eigenvalue weighted by molar-refractivity contribution is 7.92. The lowest BCUT2D eigenvalue weighted by Crippen LogP contribution is -2.45. The predicted molar refractivity (Wildman–Crippen MR) is 69.9 cm³/mol. The van der Waals surface area contributed by atoms with E-state index in [9.17, 15) is 8.42 Å². The molecule has 0 amide bonds. The minimum Gasteiger partial charge on any atom is -0.381 e. The SMILES string of the molecule is CCNC(CS(=O)(=O)C(C)(C)C)C1CCOC1. The minimum atomic E-state index is -3.07. The molecular formula is C12H25NO3S. The number of ether oxygens (including phenoxy) is 1. The highest BCUT2D eigenvalue weighted by atomic mass is 32.2. The summed E-state index contributed by atoms with van der Waals surface area (Å²) in [6, 6.07) is 0.0201. The van der Waals surface area contributed by atoms with Crippen LogP contribution in [0.4, 0.5) is 0 Å². The van der Waals surface area contributed by atoms with E-state index >= 15 is 0 Å². The van der Waals surface area contributed by atoms with Crippen LogP contribution in [0, 0.1) is 5.92 Å². The lowest BCUT2D eigenvalue weighted by molar-refractivity contribution is 0.179. The van der Waals surface area contributed by atoms with Gasteiger partial charge in [0.25, 0.3) is 0 Å². The fourth-order valence-electron chi connectivity index (χ4n) is 1.98. The van der Waals surface area contributed by atoms with E-state index in [1.54, 1.807) is 20.8 Å². The van der Waals surface area contributed by atoms with Crippen LogP contribution >= 0.6 is 0 Å². The van der Waals surface area contributed by atoms with Crippen LogP contribution in [0.15, 0.2) is 0 Å². The Morgan fingerprint density at radius 2 is 2.06 bits per heavy atom. The fourth-order valence-corrected chi connectivity index (χ4v) is 3.34.